The number of alkyl halides is 2. The second-order valence-electron chi connectivity index (χ2n) is 10.2. The Labute approximate surface area is 211 Å². The van der Waals surface area contributed by atoms with Crippen LogP contribution in [-0.2, 0) is 32.0 Å². The number of carbonyl (C=O) groups excluding carboxylic acids is 3. The number of nitrogens with zero attached hydrogens (tertiary/aromatic N) is 1. The summed E-state index contributed by atoms with van der Waals surface area (Å²) in [6.07, 6.45) is -1.44. The first-order chi connectivity index (χ1) is 16.8. The predicted octanol–water partition coefficient (Wildman–Crippen LogP) is 2.06. The van der Waals surface area contributed by atoms with Crippen LogP contribution in [-0.4, -0.2) is 71.1 Å². The molecule has 1 aromatic rings. The van der Waals surface area contributed by atoms with Gasteiger partial charge in [-0.15, -0.1) is 0 Å². The van der Waals surface area contributed by atoms with Crippen LogP contribution in [0, 0.1) is 11.8 Å². The monoisotopic (exact) mass is 511 g/mol. The summed E-state index contributed by atoms with van der Waals surface area (Å²) in [4.78, 5) is 39.5. The van der Waals surface area contributed by atoms with Gasteiger partial charge in [0, 0.05) is 6.04 Å². The molecule has 1 aromatic carbocycles. The zero-order valence-electron chi connectivity index (χ0n) is 21.7. The van der Waals surface area contributed by atoms with Crippen molar-refractivity contribution in [3.63, 3.8) is 0 Å². The molecule has 202 valence electrons. The minimum atomic E-state index is -4.22. The zero-order valence-corrected chi connectivity index (χ0v) is 21.7. The van der Waals surface area contributed by atoms with E-state index in [1.807, 2.05) is 24.3 Å². The normalized spacial score (nSPS) is 16.4. The number of esters is 1. The molecule has 2 rings (SSSR count). The highest BCUT2D eigenvalue weighted by atomic mass is 19.3. The molecule has 3 atom stereocenters. The van der Waals surface area contributed by atoms with Crippen LogP contribution in [0.15, 0.2) is 24.3 Å². The molecule has 0 fully saturated rings. The van der Waals surface area contributed by atoms with Gasteiger partial charge in [-0.3, -0.25) is 9.59 Å². The van der Waals surface area contributed by atoms with Crippen molar-refractivity contribution in [2.75, 3.05) is 13.2 Å². The van der Waals surface area contributed by atoms with Crippen LogP contribution in [0.1, 0.15) is 52.2 Å². The number of ether oxygens (including phenoxy) is 1. The highest BCUT2D eigenvalue weighted by molar-refractivity contribution is 5.88. The summed E-state index contributed by atoms with van der Waals surface area (Å²) in [6.45, 7) is 7.77. The molecule has 0 heterocycles. The van der Waals surface area contributed by atoms with Gasteiger partial charge in [0.15, 0.2) is 0 Å². The van der Waals surface area contributed by atoms with Crippen LogP contribution in [0.4, 0.5) is 8.78 Å². The molecule has 0 saturated carbocycles. The number of halogens is 2. The van der Waals surface area contributed by atoms with Gasteiger partial charge in [-0.05, 0) is 49.1 Å². The van der Waals surface area contributed by atoms with E-state index in [1.165, 1.54) is 11.8 Å². The Kier molecular flexibility index (Phi) is 10.4. The first kappa shape index (κ1) is 29.6. The molecular formula is C26H39F2N3O5. The molecule has 0 aliphatic heterocycles. The van der Waals surface area contributed by atoms with Gasteiger partial charge in [0.05, 0.1) is 25.2 Å². The Balaban J connectivity index is 2.24. The number of nitrogens with two attached hydrogens (primary N) is 1. The molecule has 36 heavy (non-hydrogen) atoms. The zero-order chi connectivity index (χ0) is 27.2. The van der Waals surface area contributed by atoms with E-state index in [9.17, 15) is 28.3 Å². The van der Waals surface area contributed by atoms with Crippen LogP contribution in [0.5, 0.6) is 0 Å². The highest BCUT2D eigenvalue weighted by Crippen LogP contribution is 2.28. The third-order valence-electron chi connectivity index (χ3n) is 6.44. The van der Waals surface area contributed by atoms with Crippen molar-refractivity contribution < 1.29 is 33.0 Å². The lowest BCUT2D eigenvalue weighted by Crippen LogP contribution is -2.58. The van der Waals surface area contributed by atoms with E-state index in [0.29, 0.717) is 12.8 Å². The van der Waals surface area contributed by atoms with E-state index in [4.69, 9.17) is 5.73 Å². The largest absolute Gasteiger partial charge is 0.461 e. The third kappa shape index (κ3) is 7.22. The minimum Gasteiger partial charge on any atom is -0.461 e. The fourth-order valence-corrected chi connectivity index (χ4v) is 4.40. The number of nitrogens with one attached hydrogen (secondary N) is 1. The fourth-order valence-electron chi connectivity index (χ4n) is 4.40. The number of carbonyl (C=O) groups is 3. The number of fused-ring (bicyclic) bond motifs is 1. The number of hydrogen-bond donors (Lipinski definition) is 3. The van der Waals surface area contributed by atoms with Gasteiger partial charge in [-0.25, -0.2) is 4.79 Å². The van der Waals surface area contributed by atoms with Crippen molar-refractivity contribution in [2.45, 2.75) is 84.0 Å². The van der Waals surface area contributed by atoms with Crippen molar-refractivity contribution in [1.29, 1.82) is 0 Å². The summed E-state index contributed by atoms with van der Waals surface area (Å²) in [5, 5.41) is 12.8. The van der Waals surface area contributed by atoms with Crippen LogP contribution in [0.3, 0.4) is 0 Å². The molecule has 2 amide bonds. The molecule has 0 spiro atoms. The van der Waals surface area contributed by atoms with Crippen LogP contribution in [0.2, 0.25) is 0 Å². The molecule has 1 unspecified atom stereocenters. The predicted molar refractivity (Wildman–Crippen MR) is 131 cm³/mol. The first-order valence-electron chi connectivity index (χ1n) is 12.4. The first-order valence-corrected chi connectivity index (χ1v) is 12.4. The standard InChI is InChI=1S/C26H39F2N3O5/c1-6-36-25(35)26(27,28)23(33)20(11-15(2)3)30-21(32)14-31(24(34)22(29)16(4)5)19-12-17-9-7-8-10-18(17)13-19/h7-10,15-16,19-20,22-23,33H,6,11-14,29H2,1-5H3,(H,30,32)/t20-,22-,23?/m0/s1. The number of rotatable bonds is 12. The Morgan fingerprint density at radius 3 is 2.19 bits per heavy atom. The molecule has 8 nitrogen and oxygen atoms in total. The second kappa shape index (κ2) is 12.6. The Morgan fingerprint density at radius 2 is 1.72 bits per heavy atom. The molecule has 0 bridgehead atoms. The minimum absolute atomic E-state index is 0.0176. The van der Waals surface area contributed by atoms with E-state index >= 15 is 0 Å². The lowest BCUT2D eigenvalue weighted by molar-refractivity contribution is -0.192. The summed E-state index contributed by atoms with van der Waals surface area (Å²) in [6, 6.07) is 5.14. The van der Waals surface area contributed by atoms with Crippen LogP contribution < -0.4 is 11.1 Å². The van der Waals surface area contributed by atoms with E-state index in [0.717, 1.165) is 11.1 Å². The Morgan fingerprint density at radius 1 is 1.17 bits per heavy atom. The van der Waals surface area contributed by atoms with E-state index in [1.54, 1.807) is 27.7 Å². The Hall–Kier alpha value is -2.59. The summed E-state index contributed by atoms with van der Waals surface area (Å²) < 4.78 is 33.6. The van der Waals surface area contributed by atoms with Crippen molar-refractivity contribution in [3.8, 4) is 0 Å². The summed E-state index contributed by atoms with van der Waals surface area (Å²) in [5.41, 5.74) is 8.27. The van der Waals surface area contributed by atoms with Crippen molar-refractivity contribution in [1.82, 2.24) is 10.2 Å². The molecule has 4 N–H and O–H groups in total. The number of hydrogen-bond acceptors (Lipinski definition) is 6. The summed E-state index contributed by atoms with van der Waals surface area (Å²) in [7, 11) is 0. The fraction of sp³-hybridized carbons (Fsp3) is 0.654. The van der Waals surface area contributed by atoms with E-state index < -0.39 is 48.4 Å². The van der Waals surface area contributed by atoms with E-state index in [2.05, 4.69) is 10.1 Å². The van der Waals surface area contributed by atoms with Gasteiger partial charge in [-0.2, -0.15) is 8.78 Å². The van der Waals surface area contributed by atoms with Crippen molar-refractivity contribution >= 4 is 17.8 Å². The number of aliphatic hydroxyl groups is 1. The highest BCUT2D eigenvalue weighted by Gasteiger charge is 2.52. The van der Waals surface area contributed by atoms with Crippen molar-refractivity contribution in [2.24, 2.45) is 17.6 Å². The maximum atomic E-state index is 14.6. The number of amides is 2. The number of benzene rings is 1. The van der Waals surface area contributed by atoms with Gasteiger partial charge >= 0.3 is 11.9 Å². The van der Waals surface area contributed by atoms with Gasteiger partial charge < -0.3 is 25.8 Å². The maximum Gasteiger partial charge on any atom is 0.379 e. The molecule has 10 heteroatoms. The lowest BCUT2D eigenvalue weighted by Gasteiger charge is -2.34. The maximum absolute atomic E-state index is 14.6. The molecule has 1 aliphatic carbocycles. The molecule has 0 aromatic heterocycles. The average molecular weight is 512 g/mol. The van der Waals surface area contributed by atoms with Gasteiger partial charge in [0.25, 0.3) is 0 Å². The molecule has 0 radical (unpaired) electrons. The van der Waals surface area contributed by atoms with Gasteiger partial charge in [0.2, 0.25) is 11.8 Å². The molecule has 1 aliphatic rings. The quantitative estimate of drug-likeness (QED) is 0.369. The topological polar surface area (TPSA) is 122 Å². The van der Waals surface area contributed by atoms with Crippen LogP contribution in [0.25, 0.3) is 0 Å². The lowest BCUT2D eigenvalue weighted by atomic mass is 9.95. The summed E-state index contributed by atoms with van der Waals surface area (Å²) in [5.74, 6) is -7.56. The average Bonchev–Trinajstić information content (AvgIpc) is 3.24. The molecule has 0 saturated heterocycles. The molecular weight excluding hydrogens is 472 g/mol. The Bertz CT molecular complexity index is 900. The van der Waals surface area contributed by atoms with Crippen LogP contribution >= 0.6 is 0 Å². The second-order valence-corrected chi connectivity index (χ2v) is 10.2. The number of aliphatic hydroxyl groups excluding tert-OH is 1. The smallest absolute Gasteiger partial charge is 0.379 e. The third-order valence-corrected chi connectivity index (χ3v) is 6.44. The van der Waals surface area contributed by atoms with Gasteiger partial charge in [-0.1, -0.05) is 52.0 Å². The van der Waals surface area contributed by atoms with E-state index in [-0.39, 0.29) is 30.9 Å². The summed E-state index contributed by atoms with van der Waals surface area (Å²) >= 11 is 0. The van der Waals surface area contributed by atoms with Crippen molar-refractivity contribution in [3.05, 3.63) is 35.4 Å². The SMILES string of the molecule is CCOC(=O)C(F)(F)C(O)[C@H](CC(C)C)NC(=O)CN(C(=O)[C@@H](N)C(C)C)C1Cc2ccccc2C1. The van der Waals surface area contributed by atoms with Gasteiger partial charge in [0.1, 0.15) is 6.10 Å².